The van der Waals surface area contributed by atoms with Gasteiger partial charge in [-0.25, -0.2) is 4.79 Å². The van der Waals surface area contributed by atoms with Crippen LogP contribution in [-0.2, 0) is 14.3 Å². The van der Waals surface area contributed by atoms with Gasteiger partial charge in [-0.3, -0.25) is 4.90 Å². The summed E-state index contributed by atoms with van der Waals surface area (Å²) in [6.07, 6.45) is 49.1. The van der Waals surface area contributed by atoms with Gasteiger partial charge in [0.05, 0.1) is 0 Å². The average Bonchev–Trinajstić information content (AvgIpc) is 3.61. The molecule has 47 heavy (non-hydrogen) atoms. The normalized spacial score (nSPS) is 15.6. The molecule has 0 aliphatic carbocycles. The van der Waals surface area contributed by atoms with Gasteiger partial charge in [0.25, 0.3) is 0 Å². The topological polar surface area (TPSA) is 38.8 Å². The molecule has 1 unspecified atom stereocenters. The lowest BCUT2D eigenvalue weighted by Gasteiger charge is -2.31. The molecule has 4 heteroatoms. The van der Waals surface area contributed by atoms with Crippen LogP contribution in [0.2, 0.25) is 0 Å². The first-order chi connectivity index (χ1) is 23.2. The van der Waals surface area contributed by atoms with Crippen molar-refractivity contribution in [3.63, 3.8) is 0 Å². The second kappa shape index (κ2) is 32.9. The Labute approximate surface area is 292 Å². The molecule has 0 spiro atoms. The van der Waals surface area contributed by atoms with Crippen molar-refractivity contribution < 1.29 is 14.3 Å². The number of esters is 1. The number of ether oxygens (including phenoxy) is 2. The molecule has 0 saturated carbocycles. The Balaban J connectivity index is 2.28. The summed E-state index contributed by atoms with van der Waals surface area (Å²) in [5, 5.41) is 0. The fourth-order valence-electron chi connectivity index (χ4n) is 6.25. The van der Waals surface area contributed by atoms with E-state index in [2.05, 4.69) is 74.3 Å². The number of carbonyl (C=O) groups is 1. The molecule has 0 aromatic heterocycles. The number of likely N-dealkylation sites (tertiary alicyclic amines) is 1. The van der Waals surface area contributed by atoms with E-state index in [0.29, 0.717) is 19.8 Å². The van der Waals surface area contributed by atoms with Crippen molar-refractivity contribution in [1.82, 2.24) is 4.90 Å². The van der Waals surface area contributed by atoms with Crippen LogP contribution in [-0.4, -0.2) is 42.9 Å². The van der Waals surface area contributed by atoms with Crippen LogP contribution in [0.15, 0.2) is 48.6 Å². The summed E-state index contributed by atoms with van der Waals surface area (Å²) in [5.41, 5.74) is -0.792. The minimum Gasteiger partial charge on any atom is -0.447 e. The minimum absolute atomic E-state index is 0.141. The number of carbonyl (C=O) groups excluding carboxylic acids is 1. The highest BCUT2D eigenvalue weighted by atomic mass is 16.6. The highest BCUT2D eigenvalue weighted by molar-refractivity contribution is 5.79. The summed E-state index contributed by atoms with van der Waals surface area (Å²) in [6, 6.07) is 0. The second-order valence-electron chi connectivity index (χ2n) is 13.8. The predicted octanol–water partition coefficient (Wildman–Crippen LogP) is 13.0. The highest BCUT2D eigenvalue weighted by Gasteiger charge is 2.39. The summed E-state index contributed by atoms with van der Waals surface area (Å²) in [6.45, 7) is 9.74. The maximum atomic E-state index is 13.4. The predicted molar refractivity (Wildman–Crippen MR) is 205 cm³/mol. The molecule has 272 valence electrons. The Morgan fingerprint density at radius 2 is 1.02 bits per heavy atom. The third-order valence-corrected chi connectivity index (χ3v) is 9.52. The molecule has 0 bridgehead atoms. The highest BCUT2D eigenvalue weighted by Crippen LogP contribution is 2.27. The number of nitrogens with zero attached hydrogens (tertiary/aromatic N) is 1. The van der Waals surface area contributed by atoms with Crippen LogP contribution in [0.25, 0.3) is 0 Å². The molecule has 1 aliphatic heterocycles. The molecule has 0 radical (unpaired) electrons. The number of allylic oxidation sites excluding steroid dienone is 8. The van der Waals surface area contributed by atoms with E-state index in [1.165, 1.54) is 116 Å². The number of hydrogen-bond donors (Lipinski definition) is 0. The van der Waals surface area contributed by atoms with Gasteiger partial charge in [0, 0.05) is 19.7 Å². The zero-order valence-electron chi connectivity index (χ0n) is 31.5. The van der Waals surface area contributed by atoms with Crippen LogP contribution in [0.1, 0.15) is 188 Å². The Kier molecular flexibility index (Phi) is 30.3. The van der Waals surface area contributed by atoms with E-state index in [-0.39, 0.29) is 5.97 Å². The molecule has 1 rings (SSSR count). The lowest BCUT2D eigenvalue weighted by atomic mass is 9.92. The lowest BCUT2D eigenvalue weighted by Crippen LogP contribution is -2.44. The van der Waals surface area contributed by atoms with Gasteiger partial charge < -0.3 is 9.47 Å². The molecular weight excluding hydrogens is 578 g/mol. The van der Waals surface area contributed by atoms with E-state index in [1.807, 2.05) is 0 Å². The Bertz CT molecular complexity index is 810. The van der Waals surface area contributed by atoms with E-state index in [1.54, 1.807) is 0 Å². The molecule has 0 amide bonds. The Hall–Kier alpha value is -1.65. The Morgan fingerprint density at radius 3 is 1.51 bits per heavy atom. The van der Waals surface area contributed by atoms with E-state index in [0.717, 1.165) is 58.0 Å². The van der Waals surface area contributed by atoms with Gasteiger partial charge in [0.2, 0.25) is 0 Å². The molecule has 1 saturated heterocycles. The smallest absolute Gasteiger partial charge is 0.339 e. The van der Waals surface area contributed by atoms with Gasteiger partial charge in [0.1, 0.15) is 6.73 Å². The monoisotopic (exact) mass is 656 g/mol. The number of rotatable bonds is 33. The fraction of sp³-hybridized carbons (Fsp3) is 0.791. The first kappa shape index (κ1) is 43.4. The number of hydrogen-bond acceptors (Lipinski definition) is 4. The van der Waals surface area contributed by atoms with Crippen molar-refractivity contribution in [3.8, 4) is 0 Å². The van der Waals surface area contributed by atoms with Gasteiger partial charge in [0.15, 0.2) is 5.60 Å². The van der Waals surface area contributed by atoms with E-state index in [4.69, 9.17) is 9.47 Å². The summed E-state index contributed by atoms with van der Waals surface area (Å²) >= 11 is 0. The largest absolute Gasteiger partial charge is 0.447 e. The molecule has 1 fully saturated rings. The summed E-state index contributed by atoms with van der Waals surface area (Å²) in [4.78, 5) is 15.7. The van der Waals surface area contributed by atoms with Crippen molar-refractivity contribution in [2.75, 3.05) is 26.4 Å². The van der Waals surface area contributed by atoms with E-state index in [9.17, 15) is 4.79 Å². The van der Waals surface area contributed by atoms with E-state index >= 15 is 0 Å². The van der Waals surface area contributed by atoms with Crippen molar-refractivity contribution in [3.05, 3.63) is 48.6 Å². The van der Waals surface area contributed by atoms with Gasteiger partial charge in [-0.1, -0.05) is 134 Å². The average molecular weight is 656 g/mol. The lowest BCUT2D eigenvalue weighted by molar-refractivity contribution is -0.179. The molecule has 4 nitrogen and oxygen atoms in total. The standard InChI is InChI=1S/C43H77NO3/c1-4-7-9-11-13-15-17-19-21-22-24-26-28-30-32-36-40-47-43(6-3,42(45)46-41-44-38-34-35-39-44)37-33-31-29-27-25-23-20-18-16-14-12-10-8-5-2/h13-16,19-21,23H,4-12,17-18,22,24-41H2,1-3H3/b15-13+,16-14-,21-19+,23-20-. The SMILES string of the molecule is CCCCC/C=C\C/C=C\CCCCCCC(CC)(OCCCCCCCC/C=C/C/C=C/CCCCC)C(=O)OCN1CCCC1. The van der Waals surface area contributed by atoms with Gasteiger partial charge in [-0.05, 0) is 103 Å². The van der Waals surface area contributed by atoms with Crippen molar-refractivity contribution in [2.45, 2.75) is 193 Å². The molecule has 0 N–H and O–H groups in total. The van der Waals surface area contributed by atoms with Crippen molar-refractivity contribution in [2.24, 2.45) is 0 Å². The van der Waals surface area contributed by atoms with Crippen LogP contribution in [0.5, 0.6) is 0 Å². The van der Waals surface area contributed by atoms with Gasteiger partial charge in [-0.2, -0.15) is 0 Å². The molecule has 1 aliphatic rings. The fourth-order valence-corrected chi connectivity index (χ4v) is 6.25. The number of unbranched alkanes of at least 4 members (excludes halogenated alkanes) is 16. The van der Waals surface area contributed by atoms with Crippen LogP contribution in [0.4, 0.5) is 0 Å². The third-order valence-electron chi connectivity index (χ3n) is 9.52. The quantitative estimate of drug-likeness (QED) is 0.0401. The van der Waals surface area contributed by atoms with Crippen LogP contribution in [0, 0.1) is 0 Å². The van der Waals surface area contributed by atoms with Crippen LogP contribution >= 0.6 is 0 Å². The second-order valence-corrected chi connectivity index (χ2v) is 13.8. The third kappa shape index (κ3) is 25.1. The molecular formula is C43H77NO3. The maximum absolute atomic E-state index is 13.4. The first-order valence-electron chi connectivity index (χ1n) is 20.3. The van der Waals surface area contributed by atoms with Gasteiger partial charge >= 0.3 is 5.97 Å². The molecule has 1 atom stereocenters. The zero-order valence-corrected chi connectivity index (χ0v) is 31.5. The van der Waals surface area contributed by atoms with Crippen molar-refractivity contribution in [1.29, 1.82) is 0 Å². The molecule has 0 aromatic rings. The minimum atomic E-state index is -0.792. The molecule has 1 heterocycles. The summed E-state index contributed by atoms with van der Waals surface area (Å²) in [7, 11) is 0. The van der Waals surface area contributed by atoms with Crippen molar-refractivity contribution >= 4 is 5.97 Å². The Morgan fingerprint density at radius 1 is 0.574 bits per heavy atom. The maximum Gasteiger partial charge on any atom is 0.339 e. The summed E-state index contributed by atoms with van der Waals surface area (Å²) in [5.74, 6) is -0.141. The van der Waals surface area contributed by atoms with Gasteiger partial charge in [-0.15, -0.1) is 0 Å². The van der Waals surface area contributed by atoms with Crippen LogP contribution in [0.3, 0.4) is 0 Å². The van der Waals surface area contributed by atoms with Crippen LogP contribution < -0.4 is 0 Å². The first-order valence-corrected chi connectivity index (χ1v) is 20.3. The van der Waals surface area contributed by atoms with E-state index < -0.39 is 5.60 Å². The summed E-state index contributed by atoms with van der Waals surface area (Å²) < 4.78 is 12.3. The molecule has 0 aromatic carbocycles. The zero-order chi connectivity index (χ0) is 33.9.